The second-order valence-electron chi connectivity index (χ2n) is 5.52. The Morgan fingerprint density at radius 3 is 2.76 bits per heavy atom. The molecular weight excluding hydrogens is 220 g/mol. The largest absolute Gasteiger partial charge is 0.473 e. The minimum atomic E-state index is -0.205. The molecule has 4 rings (SSSR count). The number of rotatable bonds is 1. The van der Waals surface area contributed by atoms with Crippen molar-refractivity contribution in [3.63, 3.8) is 0 Å². The first-order chi connectivity index (χ1) is 8.35. The van der Waals surface area contributed by atoms with Crippen LogP contribution in [-0.2, 0) is 18.9 Å². The van der Waals surface area contributed by atoms with E-state index in [1.165, 1.54) is 12.8 Å². The van der Waals surface area contributed by atoms with Crippen molar-refractivity contribution in [1.29, 1.82) is 0 Å². The zero-order valence-corrected chi connectivity index (χ0v) is 9.89. The molecule has 1 spiro atoms. The summed E-state index contributed by atoms with van der Waals surface area (Å²) in [6.07, 6.45) is 9.21. The number of ether oxygens (including phenoxy) is 4. The van der Waals surface area contributed by atoms with Crippen LogP contribution in [0.1, 0.15) is 32.1 Å². The van der Waals surface area contributed by atoms with Crippen molar-refractivity contribution in [2.75, 3.05) is 13.2 Å². The Hall–Kier alpha value is -0.580. The summed E-state index contributed by atoms with van der Waals surface area (Å²) in [4.78, 5) is 0. The lowest BCUT2D eigenvalue weighted by atomic mass is 9.62. The van der Waals surface area contributed by atoms with Gasteiger partial charge in [-0.2, -0.15) is 0 Å². The van der Waals surface area contributed by atoms with E-state index >= 15 is 0 Å². The van der Waals surface area contributed by atoms with Crippen LogP contribution >= 0.6 is 0 Å². The van der Waals surface area contributed by atoms with Crippen molar-refractivity contribution in [3.05, 3.63) is 12.3 Å². The highest BCUT2D eigenvalue weighted by molar-refractivity contribution is 5.20. The summed E-state index contributed by atoms with van der Waals surface area (Å²) in [6, 6.07) is 0. The molecule has 1 aliphatic carbocycles. The maximum atomic E-state index is 6.14. The van der Waals surface area contributed by atoms with Crippen LogP contribution in [0.15, 0.2) is 12.3 Å². The molecule has 4 aliphatic rings. The fraction of sp³-hybridized carbons (Fsp3) is 0.846. The minimum absolute atomic E-state index is 0.0284. The molecule has 2 bridgehead atoms. The molecule has 4 nitrogen and oxygen atoms in total. The molecule has 4 heteroatoms. The summed E-state index contributed by atoms with van der Waals surface area (Å²) in [5, 5.41) is 0. The Kier molecular flexibility index (Phi) is 2.11. The van der Waals surface area contributed by atoms with Gasteiger partial charge in [0.15, 0.2) is 6.29 Å². The molecule has 0 unspecified atom stereocenters. The highest BCUT2D eigenvalue weighted by Crippen LogP contribution is 2.60. The van der Waals surface area contributed by atoms with Crippen LogP contribution in [0, 0.1) is 5.41 Å². The van der Waals surface area contributed by atoms with Crippen molar-refractivity contribution in [2.45, 2.75) is 50.3 Å². The van der Waals surface area contributed by atoms with E-state index in [-0.39, 0.29) is 23.6 Å². The van der Waals surface area contributed by atoms with Crippen LogP contribution < -0.4 is 0 Å². The Balaban J connectivity index is 1.77. The van der Waals surface area contributed by atoms with Gasteiger partial charge in [0.05, 0.1) is 24.9 Å². The van der Waals surface area contributed by atoms with Crippen LogP contribution in [0.5, 0.6) is 0 Å². The smallest absolute Gasteiger partial charge is 0.200 e. The SMILES string of the molecule is C1=C[C@]23CCCC[C@@]2(C2OCCO2)C[C@H](O1)O3. The van der Waals surface area contributed by atoms with Gasteiger partial charge in [-0.05, 0) is 18.9 Å². The molecule has 3 atom stereocenters. The van der Waals surface area contributed by atoms with Gasteiger partial charge in [0.25, 0.3) is 0 Å². The van der Waals surface area contributed by atoms with Crippen LogP contribution in [-0.4, -0.2) is 31.4 Å². The van der Waals surface area contributed by atoms with E-state index < -0.39 is 0 Å². The second kappa shape index (κ2) is 3.46. The highest BCUT2D eigenvalue weighted by Gasteiger charge is 2.66. The summed E-state index contributed by atoms with van der Waals surface area (Å²) >= 11 is 0. The van der Waals surface area contributed by atoms with Crippen molar-refractivity contribution < 1.29 is 18.9 Å². The minimum Gasteiger partial charge on any atom is -0.473 e. The van der Waals surface area contributed by atoms with E-state index in [9.17, 15) is 0 Å². The predicted octanol–water partition coefficient (Wildman–Crippen LogP) is 1.95. The van der Waals surface area contributed by atoms with E-state index in [1.807, 2.05) is 6.26 Å². The van der Waals surface area contributed by atoms with Gasteiger partial charge >= 0.3 is 0 Å². The Morgan fingerprint density at radius 2 is 1.88 bits per heavy atom. The van der Waals surface area contributed by atoms with Gasteiger partial charge in [-0.15, -0.1) is 0 Å². The topological polar surface area (TPSA) is 36.9 Å². The zero-order valence-electron chi connectivity index (χ0n) is 9.89. The number of fused-ring (bicyclic) bond motifs is 1. The fourth-order valence-electron chi connectivity index (χ4n) is 4.01. The first-order valence-corrected chi connectivity index (χ1v) is 6.59. The van der Waals surface area contributed by atoms with Gasteiger partial charge in [-0.3, -0.25) is 0 Å². The van der Waals surface area contributed by atoms with Crippen molar-refractivity contribution in [1.82, 2.24) is 0 Å². The summed E-state index contributed by atoms with van der Waals surface area (Å²) in [7, 11) is 0. The molecule has 3 fully saturated rings. The maximum absolute atomic E-state index is 6.14. The summed E-state index contributed by atoms with van der Waals surface area (Å²) in [5.74, 6) is 0. The first-order valence-electron chi connectivity index (χ1n) is 6.59. The lowest BCUT2D eigenvalue weighted by Crippen LogP contribution is -2.53. The molecule has 94 valence electrons. The van der Waals surface area contributed by atoms with Crippen LogP contribution in [0.3, 0.4) is 0 Å². The molecule has 0 N–H and O–H groups in total. The molecule has 0 aromatic rings. The van der Waals surface area contributed by atoms with E-state index in [1.54, 1.807) is 0 Å². The zero-order chi connectivity index (χ0) is 11.3. The molecule has 0 aromatic heterocycles. The Bertz CT molecular complexity index is 349. The third-order valence-corrected chi connectivity index (χ3v) is 4.78. The standard InChI is InChI=1S/C13H18O4/c1-2-4-13-5-6-14-10(17-13)9-12(13,3-1)11-15-7-8-16-11/h5-6,10-11H,1-4,7-9H2/t10-,12+,13-/m1/s1. The normalized spacial score (nSPS) is 49.1. The molecule has 3 aliphatic heterocycles. The van der Waals surface area contributed by atoms with E-state index in [4.69, 9.17) is 18.9 Å². The van der Waals surface area contributed by atoms with Crippen molar-refractivity contribution >= 4 is 0 Å². The molecule has 1 saturated carbocycles. The third kappa shape index (κ3) is 1.23. The van der Waals surface area contributed by atoms with Gasteiger partial charge < -0.3 is 18.9 Å². The monoisotopic (exact) mass is 238 g/mol. The lowest BCUT2D eigenvalue weighted by Gasteiger charge is -2.48. The highest BCUT2D eigenvalue weighted by atomic mass is 16.7. The van der Waals surface area contributed by atoms with Crippen molar-refractivity contribution in [3.8, 4) is 0 Å². The molecule has 0 aromatic carbocycles. The average Bonchev–Trinajstić information content (AvgIpc) is 2.92. The molecule has 17 heavy (non-hydrogen) atoms. The number of hydrogen-bond donors (Lipinski definition) is 0. The van der Waals surface area contributed by atoms with Gasteiger partial charge in [-0.25, -0.2) is 0 Å². The van der Waals surface area contributed by atoms with Gasteiger partial charge in [0, 0.05) is 6.42 Å². The quantitative estimate of drug-likeness (QED) is 0.699. The first kappa shape index (κ1) is 10.4. The van der Waals surface area contributed by atoms with Crippen LogP contribution in [0.25, 0.3) is 0 Å². The van der Waals surface area contributed by atoms with E-state index in [0.29, 0.717) is 13.2 Å². The van der Waals surface area contributed by atoms with E-state index in [0.717, 1.165) is 19.3 Å². The average molecular weight is 238 g/mol. The Labute approximate surface area is 101 Å². The summed E-state index contributed by atoms with van der Waals surface area (Å²) in [6.45, 7) is 1.41. The van der Waals surface area contributed by atoms with E-state index in [2.05, 4.69) is 6.08 Å². The van der Waals surface area contributed by atoms with Crippen LogP contribution in [0.2, 0.25) is 0 Å². The fourth-order valence-corrected chi connectivity index (χ4v) is 4.01. The molecule has 2 saturated heterocycles. The molecular formula is C13H18O4. The summed E-state index contributed by atoms with van der Waals surface area (Å²) < 4.78 is 23.3. The third-order valence-electron chi connectivity index (χ3n) is 4.78. The molecule has 0 amide bonds. The number of hydrogen-bond acceptors (Lipinski definition) is 4. The maximum Gasteiger partial charge on any atom is 0.200 e. The summed E-state index contributed by atoms with van der Waals surface area (Å²) in [5.41, 5.74) is -0.234. The second-order valence-corrected chi connectivity index (χ2v) is 5.52. The predicted molar refractivity (Wildman–Crippen MR) is 59.0 cm³/mol. The molecule has 3 heterocycles. The van der Waals surface area contributed by atoms with Gasteiger partial charge in [0.2, 0.25) is 6.29 Å². The van der Waals surface area contributed by atoms with Gasteiger partial charge in [0.1, 0.15) is 5.60 Å². The Morgan fingerprint density at radius 1 is 1.06 bits per heavy atom. The lowest BCUT2D eigenvalue weighted by molar-refractivity contribution is -0.210. The molecule has 0 radical (unpaired) electrons. The van der Waals surface area contributed by atoms with Crippen molar-refractivity contribution in [2.24, 2.45) is 5.41 Å². The van der Waals surface area contributed by atoms with Gasteiger partial charge in [-0.1, -0.05) is 12.8 Å². The van der Waals surface area contributed by atoms with Crippen LogP contribution in [0.4, 0.5) is 0 Å².